The Kier molecular flexibility index (Phi) is 4.32. The highest BCUT2D eigenvalue weighted by Gasteiger charge is 2.13. The van der Waals surface area contributed by atoms with Crippen molar-refractivity contribution in [2.45, 2.75) is 0 Å². The fourth-order valence-electron chi connectivity index (χ4n) is 2.72. The van der Waals surface area contributed by atoms with E-state index >= 15 is 0 Å². The van der Waals surface area contributed by atoms with Gasteiger partial charge < -0.3 is 14.2 Å². The molecule has 0 atom stereocenters. The van der Waals surface area contributed by atoms with Crippen molar-refractivity contribution < 1.29 is 9.26 Å². The quantitative estimate of drug-likeness (QED) is 0.681. The van der Waals surface area contributed by atoms with E-state index in [1.165, 1.54) is 5.69 Å². The minimum Gasteiger partial charge on any atom is -0.378 e. The van der Waals surface area contributed by atoms with Crippen molar-refractivity contribution in [3.63, 3.8) is 0 Å². The number of hydrogen-bond acceptors (Lipinski definition) is 5. The van der Waals surface area contributed by atoms with Crippen molar-refractivity contribution >= 4 is 21.6 Å². The van der Waals surface area contributed by atoms with Crippen molar-refractivity contribution in [3.8, 4) is 22.8 Å². The molecule has 3 aromatic rings. The summed E-state index contributed by atoms with van der Waals surface area (Å²) >= 11 is 3.45. The second-order valence-corrected chi connectivity index (χ2v) is 6.50. The monoisotopic (exact) mass is 385 g/mol. The molecule has 1 fully saturated rings. The summed E-state index contributed by atoms with van der Waals surface area (Å²) in [6.07, 6.45) is 0. The summed E-state index contributed by atoms with van der Waals surface area (Å²) < 4.78 is 11.8. The van der Waals surface area contributed by atoms with Gasteiger partial charge in [0.1, 0.15) is 0 Å². The van der Waals surface area contributed by atoms with Crippen LogP contribution in [0.1, 0.15) is 0 Å². The second kappa shape index (κ2) is 6.75. The highest BCUT2D eigenvalue weighted by molar-refractivity contribution is 9.10. The zero-order chi connectivity index (χ0) is 16.4. The molecule has 1 aliphatic rings. The van der Waals surface area contributed by atoms with Crippen LogP contribution < -0.4 is 4.90 Å². The van der Waals surface area contributed by atoms with Crippen LogP contribution >= 0.6 is 15.9 Å². The molecule has 0 radical (unpaired) electrons. The predicted molar refractivity (Wildman–Crippen MR) is 95.9 cm³/mol. The van der Waals surface area contributed by atoms with E-state index in [1.807, 2.05) is 36.4 Å². The number of aromatic nitrogens is 2. The van der Waals surface area contributed by atoms with Gasteiger partial charge in [0.15, 0.2) is 0 Å². The molecule has 2 heterocycles. The number of hydrogen-bond donors (Lipinski definition) is 0. The van der Waals surface area contributed by atoms with Gasteiger partial charge in [0.25, 0.3) is 5.89 Å². The fourth-order valence-corrected chi connectivity index (χ4v) is 3.12. The maximum Gasteiger partial charge on any atom is 0.258 e. The molecule has 0 saturated carbocycles. The van der Waals surface area contributed by atoms with E-state index < -0.39 is 0 Å². The number of rotatable bonds is 3. The van der Waals surface area contributed by atoms with Gasteiger partial charge in [0.2, 0.25) is 5.82 Å². The number of halogens is 1. The van der Waals surface area contributed by atoms with E-state index in [1.54, 1.807) is 0 Å². The second-order valence-electron chi connectivity index (χ2n) is 5.58. The highest BCUT2D eigenvalue weighted by atomic mass is 79.9. The average molecular weight is 386 g/mol. The Labute approximate surface area is 148 Å². The van der Waals surface area contributed by atoms with Crippen molar-refractivity contribution in [2.75, 3.05) is 31.2 Å². The molecule has 2 aromatic carbocycles. The molecule has 0 bridgehead atoms. The molecule has 24 heavy (non-hydrogen) atoms. The third kappa shape index (κ3) is 3.20. The smallest absolute Gasteiger partial charge is 0.258 e. The lowest BCUT2D eigenvalue weighted by atomic mass is 10.1. The molecule has 1 saturated heterocycles. The van der Waals surface area contributed by atoms with Crippen molar-refractivity contribution in [2.24, 2.45) is 0 Å². The molecule has 0 amide bonds. The van der Waals surface area contributed by atoms with E-state index in [4.69, 9.17) is 9.26 Å². The standard InChI is InChI=1S/C18H16BrN3O2/c19-15-3-1-2-14(12-15)18-20-17(21-24-18)13-4-6-16(7-5-13)22-8-10-23-11-9-22/h1-7,12H,8-11H2. The number of anilines is 1. The summed E-state index contributed by atoms with van der Waals surface area (Å²) in [6, 6.07) is 16.1. The van der Waals surface area contributed by atoms with Gasteiger partial charge in [-0.25, -0.2) is 0 Å². The van der Waals surface area contributed by atoms with Crippen LogP contribution in [0.3, 0.4) is 0 Å². The number of ether oxygens (including phenoxy) is 1. The van der Waals surface area contributed by atoms with Crippen LogP contribution in [0, 0.1) is 0 Å². The summed E-state index contributed by atoms with van der Waals surface area (Å²) in [6.45, 7) is 3.41. The third-order valence-electron chi connectivity index (χ3n) is 4.00. The van der Waals surface area contributed by atoms with Gasteiger partial charge in [-0.05, 0) is 42.5 Å². The molecule has 1 aromatic heterocycles. The van der Waals surface area contributed by atoms with Crippen molar-refractivity contribution in [1.82, 2.24) is 10.1 Å². The zero-order valence-electron chi connectivity index (χ0n) is 13.0. The SMILES string of the molecule is Brc1cccc(-c2nc(-c3ccc(N4CCOCC4)cc3)no2)c1. The first-order chi connectivity index (χ1) is 11.8. The van der Waals surface area contributed by atoms with Crippen LogP contribution in [0.5, 0.6) is 0 Å². The third-order valence-corrected chi connectivity index (χ3v) is 4.49. The minimum atomic E-state index is 0.517. The minimum absolute atomic E-state index is 0.517. The zero-order valence-corrected chi connectivity index (χ0v) is 14.6. The first-order valence-electron chi connectivity index (χ1n) is 7.82. The van der Waals surface area contributed by atoms with Gasteiger partial charge in [-0.1, -0.05) is 27.2 Å². The van der Waals surface area contributed by atoms with Crippen LogP contribution in [0.15, 0.2) is 57.5 Å². The van der Waals surface area contributed by atoms with Gasteiger partial charge in [0.05, 0.1) is 13.2 Å². The maximum absolute atomic E-state index is 5.40. The molecule has 5 nitrogen and oxygen atoms in total. The highest BCUT2D eigenvalue weighted by Crippen LogP contribution is 2.26. The van der Waals surface area contributed by atoms with Crippen LogP contribution in [0.4, 0.5) is 5.69 Å². The van der Waals surface area contributed by atoms with Crippen LogP contribution in [-0.2, 0) is 4.74 Å². The van der Waals surface area contributed by atoms with E-state index in [9.17, 15) is 0 Å². The normalized spacial score (nSPS) is 14.8. The Morgan fingerprint density at radius 1 is 0.958 bits per heavy atom. The van der Waals surface area contributed by atoms with E-state index in [0.717, 1.165) is 41.9 Å². The summed E-state index contributed by atoms with van der Waals surface area (Å²) in [5, 5.41) is 4.10. The lowest BCUT2D eigenvalue weighted by molar-refractivity contribution is 0.122. The fraction of sp³-hybridized carbons (Fsp3) is 0.222. The molecular weight excluding hydrogens is 370 g/mol. The predicted octanol–water partition coefficient (Wildman–Crippen LogP) is 4.00. The van der Waals surface area contributed by atoms with Gasteiger partial charge >= 0.3 is 0 Å². The topological polar surface area (TPSA) is 51.4 Å². The van der Waals surface area contributed by atoms with Crippen LogP contribution in [0.25, 0.3) is 22.8 Å². The largest absolute Gasteiger partial charge is 0.378 e. The van der Waals surface area contributed by atoms with Gasteiger partial charge in [0, 0.05) is 34.4 Å². The average Bonchev–Trinajstić information content (AvgIpc) is 3.13. The number of morpholine rings is 1. The first kappa shape index (κ1) is 15.4. The molecule has 0 unspecified atom stereocenters. The summed E-state index contributed by atoms with van der Waals surface area (Å²) in [4.78, 5) is 6.82. The number of benzene rings is 2. The maximum atomic E-state index is 5.40. The molecule has 0 spiro atoms. The van der Waals surface area contributed by atoms with Crippen molar-refractivity contribution in [1.29, 1.82) is 0 Å². The Morgan fingerprint density at radius 2 is 1.75 bits per heavy atom. The van der Waals surface area contributed by atoms with Crippen LogP contribution in [-0.4, -0.2) is 36.4 Å². The number of nitrogens with zero attached hydrogens (tertiary/aromatic N) is 3. The Balaban J connectivity index is 1.56. The van der Waals surface area contributed by atoms with Gasteiger partial charge in [-0.2, -0.15) is 4.98 Å². The summed E-state index contributed by atoms with van der Waals surface area (Å²) in [5.41, 5.74) is 3.03. The van der Waals surface area contributed by atoms with Gasteiger partial charge in [-0.3, -0.25) is 0 Å². The molecule has 122 valence electrons. The first-order valence-corrected chi connectivity index (χ1v) is 8.62. The molecular formula is C18H16BrN3O2. The Morgan fingerprint density at radius 3 is 2.50 bits per heavy atom. The van der Waals surface area contributed by atoms with Crippen molar-refractivity contribution in [3.05, 3.63) is 53.0 Å². The molecule has 4 rings (SSSR count). The molecule has 1 aliphatic heterocycles. The molecule has 0 N–H and O–H groups in total. The lowest BCUT2D eigenvalue weighted by Crippen LogP contribution is -2.36. The summed E-state index contributed by atoms with van der Waals surface area (Å²) in [7, 11) is 0. The molecule has 6 heteroatoms. The Bertz CT molecular complexity index is 826. The van der Waals surface area contributed by atoms with E-state index in [0.29, 0.717) is 11.7 Å². The van der Waals surface area contributed by atoms with E-state index in [2.05, 4.69) is 43.1 Å². The van der Waals surface area contributed by atoms with Gasteiger partial charge in [-0.15, -0.1) is 0 Å². The molecule has 0 aliphatic carbocycles. The summed E-state index contributed by atoms with van der Waals surface area (Å²) in [5.74, 6) is 1.11. The van der Waals surface area contributed by atoms with Crippen LogP contribution in [0.2, 0.25) is 0 Å². The Hall–Kier alpha value is -2.18. The lowest BCUT2D eigenvalue weighted by Gasteiger charge is -2.28. The van der Waals surface area contributed by atoms with E-state index in [-0.39, 0.29) is 0 Å².